The Balaban J connectivity index is 2.68. The molecule has 1 heterocycles. The van der Waals surface area contributed by atoms with Crippen molar-refractivity contribution in [2.45, 2.75) is 19.9 Å². The lowest BCUT2D eigenvalue weighted by molar-refractivity contribution is -0.130. The molecule has 0 fully saturated rings. The summed E-state index contributed by atoms with van der Waals surface area (Å²) >= 11 is 5.83. The molecule has 0 aromatic carbocycles. The highest BCUT2D eigenvalue weighted by atomic mass is 35.5. The van der Waals surface area contributed by atoms with Gasteiger partial charge in [-0.1, -0.05) is 11.6 Å². The fourth-order valence-electron chi connectivity index (χ4n) is 1.17. The van der Waals surface area contributed by atoms with Crippen molar-refractivity contribution < 1.29 is 4.79 Å². The number of halogens is 1. The molecule has 0 bridgehead atoms. The third-order valence-corrected chi connectivity index (χ3v) is 2.50. The van der Waals surface area contributed by atoms with Crippen LogP contribution < -0.4 is 5.32 Å². The Morgan fingerprint density at radius 3 is 2.75 bits per heavy atom. The van der Waals surface area contributed by atoms with E-state index < -0.39 is 0 Å². The first kappa shape index (κ1) is 12.7. The molecule has 1 aromatic heterocycles. The molecule has 1 atom stereocenters. The van der Waals surface area contributed by atoms with E-state index in [1.165, 1.54) is 12.4 Å². The van der Waals surface area contributed by atoms with Gasteiger partial charge in [0, 0.05) is 26.0 Å². The van der Waals surface area contributed by atoms with E-state index in [4.69, 9.17) is 11.6 Å². The van der Waals surface area contributed by atoms with Gasteiger partial charge in [-0.15, -0.1) is 0 Å². The van der Waals surface area contributed by atoms with Gasteiger partial charge in [0.15, 0.2) is 11.0 Å². The predicted octanol–water partition coefficient (Wildman–Crippen LogP) is 1.41. The van der Waals surface area contributed by atoms with E-state index in [-0.39, 0.29) is 17.1 Å². The third kappa shape index (κ3) is 3.06. The summed E-state index contributed by atoms with van der Waals surface area (Å²) < 4.78 is 0. The van der Waals surface area contributed by atoms with Crippen LogP contribution in [0.2, 0.25) is 5.15 Å². The van der Waals surface area contributed by atoms with E-state index in [1.54, 1.807) is 18.9 Å². The molecule has 1 unspecified atom stereocenters. The number of anilines is 1. The van der Waals surface area contributed by atoms with Gasteiger partial charge in [0.2, 0.25) is 5.91 Å². The standard InChI is InChI=1S/C10H15ClN4O/c1-4-15(3)10(16)7(2)14-9-8(11)12-5-6-13-9/h5-7H,4H2,1-3H3,(H,13,14). The molecule has 0 radical (unpaired) electrons. The van der Waals surface area contributed by atoms with Gasteiger partial charge in [-0.25, -0.2) is 9.97 Å². The Hall–Kier alpha value is -1.36. The Morgan fingerprint density at radius 2 is 2.19 bits per heavy atom. The van der Waals surface area contributed by atoms with Crippen LogP contribution in [-0.4, -0.2) is 40.4 Å². The molecule has 16 heavy (non-hydrogen) atoms. The molecule has 0 saturated carbocycles. The molecule has 88 valence electrons. The second-order valence-corrected chi connectivity index (χ2v) is 3.77. The van der Waals surface area contributed by atoms with Gasteiger partial charge in [-0.3, -0.25) is 4.79 Å². The van der Waals surface area contributed by atoms with E-state index >= 15 is 0 Å². The second kappa shape index (κ2) is 5.65. The Bertz CT molecular complexity index is 372. The lowest BCUT2D eigenvalue weighted by atomic mass is 10.3. The first-order chi connectivity index (χ1) is 7.56. The maximum absolute atomic E-state index is 11.8. The molecular weight excluding hydrogens is 228 g/mol. The van der Waals surface area contributed by atoms with Crippen LogP contribution in [0.15, 0.2) is 12.4 Å². The van der Waals surface area contributed by atoms with E-state index in [0.29, 0.717) is 12.4 Å². The van der Waals surface area contributed by atoms with Crippen LogP contribution in [0.1, 0.15) is 13.8 Å². The molecule has 0 aliphatic heterocycles. The van der Waals surface area contributed by atoms with Crippen molar-refractivity contribution in [2.24, 2.45) is 0 Å². The van der Waals surface area contributed by atoms with Crippen molar-refractivity contribution in [1.29, 1.82) is 0 Å². The number of carbonyl (C=O) groups excluding carboxylic acids is 1. The van der Waals surface area contributed by atoms with E-state index in [0.717, 1.165) is 0 Å². The highest BCUT2D eigenvalue weighted by Gasteiger charge is 2.17. The Kier molecular flexibility index (Phi) is 4.49. The summed E-state index contributed by atoms with van der Waals surface area (Å²) in [7, 11) is 1.75. The van der Waals surface area contributed by atoms with Gasteiger partial charge in [0.05, 0.1) is 0 Å². The van der Waals surface area contributed by atoms with Gasteiger partial charge in [0.1, 0.15) is 6.04 Å². The molecule has 0 aliphatic rings. The number of hydrogen-bond donors (Lipinski definition) is 1. The van der Waals surface area contributed by atoms with Gasteiger partial charge >= 0.3 is 0 Å². The highest BCUT2D eigenvalue weighted by molar-refractivity contribution is 6.31. The van der Waals surface area contributed by atoms with Gasteiger partial charge in [-0.05, 0) is 13.8 Å². The zero-order valence-corrected chi connectivity index (χ0v) is 10.3. The molecule has 0 aliphatic carbocycles. The number of likely N-dealkylation sites (N-methyl/N-ethyl adjacent to an activating group) is 1. The Morgan fingerprint density at radius 1 is 1.56 bits per heavy atom. The summed E-state index contributed by atoms with van der Waals surface area (Å²) in [5.41, 5.74) is 0. The van der Waals surface area contributed by atoms with E-state index in [9.17, 15) is 4.79 Å². The van der Waals surface area contributed by atoms with Gasteiger partial charge < -0.3 is 10.2 Å². The Labute approximate surface area is 99.8 Å². The molecular formula is C10H15ClN4O. The van der Waals surface area contributed by atoms with Crippen molar-refractivity contribution in [3.8, 4) is 0 Å². The van der Waals surface area contributed by atoms with Crippen molar-refractivity contribution in [3.05, 3.63) is 17.5 Å². The summed E-state index contributed by atoms with van der Waals surface area (Å²) in [6.07, 6.45) is 3.02. The van der Waals surface area contributed by atoms with Crippen LogP contribution in [0, 0.1) is 0 Å². The number of hydrogen-bond acceptors (Lipinski definition) is 4. The van der Waals surface area contributed by atoms with Crippen LogP contribution in [0.5, 0.6) is 0 Å². The average molecular weight is 243 g/mol. The number of aromatic nitrogens is 2. The second-order valence-electron chi connectivity index (χ2n) is 3.41. The maximum atomic E-state index is 11.8. The zero-order chi connectivity index (χ0) is 12.1. The van der Waals surface area contributed by atoms with Crippen LogP contribution in [0.4, 0.5) is 5.82 Å². The first-order valence-corrected chi connectivity index (χ1v) is 5.42. The fraction of sp³-hybridized carbons (Fsp3) is 0.500. The fourth-order valence-corrected chi connectivity index (χ4v) is 1.33. The highest BCUT2D eigenvalue weighted by Crippen LogP contribution is 2.15. The summed E-state index contributed by atoms with van der Waals surface area (Å²) in [4.78, 5) is 21.3. The summed E-state index contributed by atoms with van der Waals surface area (Å²) in [5.74, 6) is 0.415. The number of nitrogens with one attached hydrogen (secondary N) is 1. The topological polar surface area (TPSA) is 58.1 Å². The minimum atomic E-state index is -0.376. The largest absolute Gasteiger partial charge is 0.356 e. The minimum absolute atomic E-state index is 0.00998. The van der Waals surface area contributed by atoms with E-state index in [1.807, 2.05) is 6.92 Å². The summed E-state index contributed by atoms with van der Waals surface area (Å²) in [6.45, 7) is 4.35. The van der Waals surface area contributed by atoms with E-state index in [2.05, 4.69) is 15.3 Å². The minimum Gasteiger partial charge on any atom is -0.356 e. The third-order valence-electron chi connectivity index (χ3n) is 2.23. The van der Waals surface area contributed by atoms with Crippen LogP contribution in [0.25, 0.3) is 0 Å². The summed E-state index contributed by atoms with van der Waals surface area (Å²) in [6, 6.07) is -0.376. The van der Waals surface area contributed by atoms with Crippen molar-refractivity contribution in [1.82, 2.24) is 14.9 Å². The summed E-state index contributed by atoms with van der Waals surface area (Å²) in [5, 5.41) is 3.19. The lowest BCUT2D eigenvalue weighted by Crippen LogP contribution is -2.39. The van der Waals surface area contributed by atoms with Crippen molar-refractivity contribution in [3.63, 3.8) is 0 Å². The van der Waals surface area contributed by atoms with Crippen molar-refractivity contribution >= 4 is 23.3 Å². The number of carbonyl (C=O) groups is 1. The maximum Gasteiger partial charge on any atom is 0.244 e. The smallest absolute Gasteiger partial charge is 0.244 e. The molecule has 1 amide bonds. The molecule has 1 N–H and O–H groups in total. The quantitative estimate of drug-likeness (QED) is 0.867. The lowest BCUT2D eigenvalue weighted by Gasteiger charge is -2.20. The van der Waals surface area contributed by atoms with Gasteiger partial charge in [0.25, 0.3) is 0 Å². The van der Waals surface area contributed by atoms with Crippen LogP contribution in [-0.2, 0) is 4.79 Å². The SMILES string of the molecule is CCN(C)C(=O)C(C)Nc1nccnc1Cl. The normalized spacial score (nSPS) is 12.0. The molecule has 0 spiro atoms. The van der Waals surface area contributed by atoms with Crippen LogP contribution in [0.3, 0.4) is 0 Å². The first-order valence-electron chi connectivity index (χ1n) is 5.04. The van der Waals surface area contributed by atoms with Gasteiger partial charge in [-0.2, -0.15) is 0 Å². The number of nitrogens with zero attached hydrogens (tertiary/aromatic N) is 3. The number of rotatable bonds is 4. The molecule has 1 rings (SSSR count). The molecule has 6 heteroatoms. The molecule has 1 aromatic rings. The predicted molar refractivity (Wildman–Crippen MR) is 63.4 cm³/mol. The molecule has 5 nitrogen and oxygen atoms in total. The van der Waals surface area contributed by atoms with Crippen molar-refractivity contribution in [2.75, 3.05) is 18.9 Å². The average Bonchev–Trinajstić information content (AvgIpc) is 2.30. The van der Waals surface area contributed by atoms with Crippen LogP contribution >= 0.6 is 11.6 Å². The number of amides is 1. The monoisotopic (exact) mass is 242 g/mol. The molecule has 0 saturated heterocycles. The zero-order valence-electron chi connectivity index (χ0n) is 9.57.